The highest BCUT2D eigenvalue weighted by atomic mass is 32.2. The standard InChI is InChI=1S/C9H14O2S/c10-9(11)8-4-7(8)6-2-1-3-12-5-6/h6-8H,1-5H2,(H,10,11). The van der Waals surface area contributed by atoms with Crippen LogP contribution >= 0.6 is 11.8 Å². The summed E-state index contributed by atoms with van der Waals surface area (Å²) in [7, 11) is 0. The van der Waals surface area contributed by atoms with Gasteiger partial charge < -0.3 is 5.11 Å². The number of carbonyl (C=O) groups is 1. The van der Waals surface area contributed by atoms with Gasteiger partial charge in [0.25, 0.3) is 0 Å². The summed E-state index contributed by atoms with van der Waals surface area (Å²) in [5, 5.41) is 8.75. The molecule has 3 heteroatoms. The third kappa shape index (κ3) is 1.60. The Morgan fingerprint density at radius 3 is 2.83 bits per heavy atom. The summed E-state index contributed by atoms with van der Waals surface area (Å²) in [6.07, 6.45) is 3.50. The zero-order chi connectivity index (χ0) is 8.55. The minimum Gasteiger partial charge on any atom is -0.481 e. The van der Waals surface area contributed by atoms with Crippen molar-refractivity contribution in [2.24, 2.45) is 17.8 Å². The SMILES string of the molecule is O=C(O)C1CC1C1CCCSC1. The second kappa shape index (κ2) is 3.29. The van der Waals surface area contributed by atoms with Gasteiger partial charge in [0.2, 0.25) is 0 Å². The first-order valence-electron chi connectivity index (χ1n) is 4.59. The fourth-order valence-electron chi connectivity index (χ4n) is 2.12. The molecule has 1 aliphatic heterocycles. The van der Waals surface area contributed by atoms with Gasteiger partial charge in [-0.25, -0.2) is 0 Å². The van der Waals surface area contributed by atoms with E-state index in [1.165, 1.54) is 24.3 Å². The maximum absolute atomic E-state index is 10.6. The Bertz CT molecular complexity index is 187. The van der Waals surface area contributed by atoms with Crippen LogP contribution in [0.2, 0.25) is 0 Å². The summed E-state index contributed by atoms with van der Waals surface area (Å²) in [5.41, 5.74) is 0. The monoisotopic (exact) mass is 186 g/mol. The van der Waals surface area contributed by atoms with Gasteiger partial charge >= 0.3 is 5.97 Å². The average Bonchev–Trinajstić information content (AvgIpc) is 2.84. The highest BCUT2D eigenvalue weighted by Gasteiger charge is 2.47. The van der Waals surface area contributed by atoms with Crippen molar-refractivity contribution in [1.29, 1.82) is 0 Å². The lowest BCUT2D eigenvalue weighted by Gasteiger charge is -2.20. The van der Waals surface area contributed by atoms with Crippen LogP contribution in [0.3, 0.4) is 0 Å². The Labute approximate surface area is 76.7 Å². The Hall–Kier alpha value is -0.180. The van der Waals surface area contributed by atoms with E-state index in [-0.39, 0.29) is 5.92 Å². The molecule has 3 unspecified atom stereocenters. The van der Waals surface area contributed by atoms with Crippen molar-refractivity contribution < 1.29 is 9.90 Å². The number of hydrogen-bond donors (Lipinski definition) is 1. The van der Waals surface area contributed by atoms with Gasteiger partial charge in [-0.2, -0.15) is 11.8 Å². The number of thioether (sulfide) groups is 1. The van der Waals surface area contributed by atoms with Crippen LogP contribution in [0, 0.1) is 17.8 Å². The number of rotatable bonds is 2. The number of carboxylic acids is 1. The van der Waals surface area contributed by atoms with Gasteiger partial charge in [-0.05, 0) is 42.6 Å². The third-order valence-electron chi connectivity index (χ3n) is 2.96. The van der Waals surface area contributed by atoms with Crippen LogP contribution in [0.5, 0.6) is 0 Å². The molecule has 2 rings (SSSR count). The molecule has 2 nitrogen and oxygen atoms in total. The molecule has 1 N–H and O–H groups in total. The lowest BCUT2D eigenvalue weighted by molar-refractivity contribution is -0.139. The maximum Gasteiger partial charge on any atom is 0.306 e. The molecule has 0 aromatic carbocycles. The molecule has 3 atom stereocenters. The molecular formula is C9H14O2S. The smallest absolute Gasteiger partial charge is 0.306 e. The minimum atomic E-state index is -0.574. The number of carboxylic acid groups (broad SMARTS) is 1. The maximum atomic E-state index is 10.6. The molecule has 68 valence electrons. The molecule has 1 aliphatic carbocycles. The second-order valence-corrected chi connectivity index (χ2v) is 4.97. The van der Waals surface area contributed by atoms with Crippen molar-refractivity contribution in [2.45, 2.75) is 19.3 Å². The lowest BCUT2D eigenvalue weighted by Crippen LogP contribution is -2.15. The van der Waals surface area contributed by atoms with Crippen molar-refractivity contribution in [2.75, 3.05) is 11.5 Å². The molecule has 1 heterocycles. The molecule has 0 bridgehead atoms. The molecule has 0 aromatic heterocycles. The van der Waals surface area contributed by atoms with Crippen LogP contribution in [0.4, 0.5) is 0 Å². The van der Waals surface area contributed by atoms with Gasteiger partial charge in [-0.15, -0.1) is 0 Å². The van der Waals surface area contributed by atoms with Crippen LogP contribution in [-0.4, -0.2) is 22.6 Å². The van der Waals surface area contributed by atoms with E-state index in [4.69, 9.17) is 5.11 Å². The van der Waals surface area contributed by atoms with Crippen molar-refractivity contribution in [3.8, 4) is 0 Å². The molecule has 0 amide bonds. The molecule has 2 fully saturated rings. The fourth-order valence-corrected chi connectivity index (χ4v) is 3.38. The number of aliphatic carboxylic acids is 1. The lowest BCUT2D eigenvalue weighted by atomic mass is 9.98. The Morgan fingerprint density at radius 2 is 2.33 bits per heavy atom. The van der Waals surface area contributed by atoms with Crippen molar-refractivity contribution in [3.05, 3.63) is 0 Å². The molecule has 1 saturated carbocycles. The van der Waals surface area contributed by atoms with Crippen molar-refractivity contribution in [3.63, 3.8) is 0 Å². The summed E-state index contributed by atoms with van der Waals surface area (Å²) < 4.78 is 0. The zero-order valence-corrected chi connectivity index (χ0v) is 7.85. The van der Waals surface area contributed by atoms with E-state index in [1.807, 2.05) is 11.8 Å². The Morgan fingerprint density at radius 1 is 1.50 bits per heavy atom. The van der Waals surface area contributed by atoms with Gasteiger partial charge in [0.1, 0.15) is 0 Å². The molecule has 0 spiro atoms. The number of hydrogen-bond acceptors (Lipinski definition) is 2. The molecule has 0 radical (unpaired) electrons. The highest BCUT2D eigenvalue weighted by Crippen LogP contribution is 2.48. The third-order valence-corrected chi connectivity index (χ3v) is 4.20. The van der Waals surface area contributed by atoms with Crippen molar-refractivity contribution in [1.82, 2.24) is 0 Å². The van der Waals surface area contributed by atoms with Gasteiger partial charge in [0.05, 0.1) is 5.92 Å². The van der Waals surface area contributed by atoms with Crippen LogP contribution in [-0.2, 0) is 4.79 Å². The summed E-state index contributed by atoms with van der Waals surface area (Å²) in [6, 6.07) is 0. The first kappa shape index (κ1) is 8.42. The molecular weight excluding hydrogens is 172 g/mol. The van der Waals surface area contributed by atoms with E-state index in [9.17, 15) is 4.79 Å². The summed E-state index contributed by atoms with van der Waals surface area (Å²) in [4.78, 5) is 10.6. The summed E-state index contributed by atoms with van der Waals surface area (Å²) in [6.45, 7) is 0. The normalized spacial score (nSPS) is 40.8. The Kier molecular flexibility index (Phi) is 2.31. The van der Waals surface area contributed by atoms with E-state index in [1.54, 1.807) is 0 Å². The van der Waals surface area contributed by atoms with Crippen LogP contribution in [0.25, 0.3) is 0 Å². The fraction of sp³-hybridized carbons (Fsp3) is 0.889. The molecule has 0 aromatic rings. The first-order chi connectivity index (χ1) is 5.79. The van der Waals surface area contributed by atoms with E-state index < -0.39 is 5.97 Å². The van der Waals surface area contributed by atoms with Crippen LogP contribution in [0.15, 0.2) is 0 Å². The molecule has 1 saturated heterocycles. The molecule has 12 heavy (non-hydrogen) atoms. The van der Waals surface area contributed by atoms with Gasteiger partial charge in [0.15, 0.2) is 0 Å². The highest BCUT2D eigenvalue weighted by molar-refractivity contribution is 7.99. The average molecular weight is 186 g/mol. The van der Waals surface area contributed by atoms with Crippen LogP contribution < -0.4 is 0 Å². The van der Waals surface area contributed by atoms with Crippen molar-refractivity contribution >= 4 is 17.7 Å². The quantitative estimate of drug-likeness (QED) is 0.715. The Balaban J connectivity index is 1.83. The topological polar surface area (TPSA) is 37.3 Å². The predicted octanol–water partition coefficient (Wildman–Crippen LogP) is 1.85. The first-order valence-corrected chi connectivity index (χ1v) is 5.75. The summed E-state index contributed by atoms with van der Waals surface area (Å²) in [5.74, 6) is 3.15. The van der Waals surface area contributed by atoms with E-state index in [0.29, 0.717) is 11.8 Å². The zero-order valence-electron chi connectivity index (χ0n) is 7.03. The van der Waals surface area contributed by atoms with E-state index >= 15 is 0 Å². The largest absolute Gasteiger partial charge is 0.481 e. The van der Waals surface area contributed by atoms with Gasteiger partial charge in [-0.3, -0.25) is 4.79 Å². The minimum absolute atomic E-state index is 0.00806. The van der Waals surface area contributed by atoms with E-state index in [0.717, 1.165) is 6.42 Å². The summed E-state index contributed by atoms with van der Waals surface area (Å²) >= 11 is 1.99. The molecule has 2 aliphatic rings. The van der Waals surface area contributed by atoms with Crippen LogP contribution in [0.1, 0.15) is 19.3 Å². The van der Waals surface area contributed by atoms with E-state index in [2.05, 4.69) is 0 Å². The van der Waals surface area contributed by atoms with Gasteiger partial charge in [-0.1, -0.05) is 0 Å². The van der Waals surface area contributed by atoms with Gasteiger partial charge in [0, 0.05) is 0 Å². The predicted molar refractivity (Wildman–Crippen MR) is 49.3 cm³/mol. The second-order valence-electron chi connectivity index (χ2n) is 3.82.